The van der Waals surface area contributed by atoms with E-state index >= 15 is 0 Å². The fourth-order valence-corrected chi connectivity index (χ4v) is 2.72. The van der Waals surface area contributed by atoms with E-state index in [-0.39, 0.29) is 18.0 Å². The van der Waals surface area contributed by atoms with E-state index in [2.05, 4.69) is 9.97 Å². The van der Waals surface area contributed by atoms with E-state index in [1.807, 2.05) is 0 Å². The molecule has 0 saturated heterocycles. The lowest BCUT2D eigenvalue weighted by Gasteiger charge is -2.13. The molecule has 4 N–H and O–H groups in total. The number of aromatic nitrogens is 2. The fourth-order valence-electron chi connectivity index (χ4n) is 2.72. The number of aliphatic carboxylic acids is 1. The number of nitrogens with two attached hydrogens (primary N) is 1. The van der Waals surface area contributed by atoms with Crippen molar-refractivity contribution >= 4 is 24.5 Å². The minimum absolute atomic E-state index is 0.0119. The molecule has 1 amide bonds. The molecule has 1 aromatic carbocycles. The number of carboxylic acid groups (broad SMARTS) is 1. The average Bonchev–Trinajstić information content (AvgIpc) is 2.83. The molecular weight excluding hydrogens is 329 g/mol. The number of benzene rings is 1. The van der Waals surface area contributed by atoms with Gasteiger partial charge in [-0.1, -0.05) is 0 Å². The highest BCUT2D eigenvalue weighted by molar-refractivity contribution is 6.62. The minimum atomic E-state index is -1.23. The van der Waals surface area contributed by atoms with Crippen LogP contribution in [0.25, 0.3) is 0 Å². The van der Waals surface area contributed by atoms with Crippen LogP contribution in [0.1, 0.15) is 34.1 Å². The Morgan fingerprint density at radius 3 is 2.72 bits per heavy atom. The van der Waals surface area contributed by atoms with Gasteiger partial charge in [0.1, 0.15) is 11.4 Å². The van der Waals surface area contributed by atoms with Gasteiger partial charge in [-0.3, -0.25) is 9.59 Å². The molecule has 1 aliphatic heterocycles. The van der Waals surface area contributed by atoms with Gasteiger partial charge in [0.2, 0.25) is 5.88 Å². The first-order chi connectivity index (χ1) is 11.8. The maximum atomic E-state index is 11.0. The molecule has 10 heteroatoms. The van der Waals surface area contributed by atoms with Gasteiger partial charge in [0.05, 0.1) is 24.9 Å². The van der Waals surface area contributed by atoms with Crippen LogP contribution in [0.4, 0.5) is 0 Å². The Labute approximate surface area is 142 Å². The molecule has 0 radical (unpaired) electrons. The summed E-state index contributed by atoms with van der Waals surface area (Å²) in [5, 5.41) is 19.0. The Kier molecular flexibility index (Phi) is 4.38. The van der Waals surface area contributed by atoms with Crippen LogP contribution < -0.4 is 15.9 Å². The van der Waals surface area contributed by atoms with Gasteiger partial charge >= 0.3 is 13.1 Å². The van der Waals surface area contributed by atoms with Crippen molar-refractivity contribution < 1.29 is 29.1 Å². The van der Waals surface area contributed by atoms with E-state index in [1.54, 1.807) is 19.1 Å². The monoisotopic (exact) mass is 343 g/mol. The molecule has 128 valence electrons. The second-order valence-electron chi connectivity index (χ2n) is 5.52. The summed E-state index contributed by atoms with van der Waals surface area (Å²) >= 11 is 0. The van der Waals surface area contributed by atoms with E-state index in [0.29, 0.717) is 16.8 Å². The van der Waals surface area contributed by atoms with Crippen molar-refractivity contribution in [1.82, 2.24) is 9.97 Å². The van der Waals surface area contributed by atoms with Crippen molar-refractivity contribution in [3.05, 3.63) is 41.3 Å². The maximum absolute atomic E-state index is 11.0. The Hall–Kier alpha value is -2.98. The van der Waals surface area contributed by atoms with Crippen LogP contribution in [0, 0.1) is 6.92 Å². The summed E-state index contributed by atoms with van der Waals surface area (Å²) in [5.74, 6) is -1.21. The molecule has 0 spiro atoms. The summed E-state index contributed by atoms with van der Waals surface area (Å²) in [6, 6.07) is 3.23. The molecule has 0 bridgehead atoms. The summed E-state index contributed by atoms with van der Waals surface area (Å²) in [6.45, 7) is 1.77. The normalized spacial score (nSPS) is 15.8. The van der Waals surface area contributed by atoms with Gasteiger partial charge in [-0.05, 0) is 35.6 Å². The fraction of sp³-hybridized carbons (Fsp3) is 0.200. The number of rotatable bonds is 5. The number of carbonyl (C=O) groups excluding carboxylic acids is 1. The van der Waals surface area contributed by atoms with Gasteiger partial charge in [0, 0.05) is 0 Å². The van der Waals surface area contributed by atoms with Gasteiger partial charge in [0.15, 0.2) is 0 Å². The standard InChI is InChI=1S/C15H14BN3O6/c1-7-2-8(24-12-6-18-10(5-19-12)15(17)22)3-9-14(7)11(4-13(20)21)25-16(9)23/h2-3,5-6,11,23H,4H2,1H3,(H2,17,22)(H,20,21). The number of hydrogen-bond donors (Lipinski definition) is 3. The Balaban J connectivity index is 1.87. The van der Waals surface area contributed by atoms with Crippen LogP contribution in [0.2, 0.25) is 0 Å². The third-order valence-corrected chi connectivity index (χ3v) is 3.74. The summed E-state index contributed by atoms with van der Waals surface area (Å²) in [6.07, 6.45) is 1.48. The van der Waals surface area contributed by atoms with Crippen molar-refractivity contribution in [2.24, 2.45) is 5.73 Å². The number of aryl methyl sites for hydroxylation is 1. The van der Waals surface area contributed by atoms with Crippen LogP contribution in [-0.4, -0.2) is 39.1 Å². The molecule has 3 rings (SSSR count). The molecule has 1 aliphatic rings. The van der Waals surface area contributed by atoms with E-state index in [1.165, 1.54) is 12.4 Å². The molecule has 0 aliphatic carbocycles. The minimum Gasteiger partial charge on any atom is -0.481 e. The van der Waals surface area contributed by atoms with Crippen LogP contribution in [0.5, 0.6) is 11.6 Å². The predicted molar refractivity (Wildman–Crippen MR) is 85.5 cm³/mol. The highest BCUT2D eigenvalue weighted by Gasteiger charge is 2.37. The van der Waals surface area contributed by atoms with Gasteiger partial charge in [0.25, 0.3) is 5.91 Å². The molecule has 1 atom stereocenters. The molecule has 25 heavy (non-hydrogen) atoms. The second-order valence-corrected chi connectivity index (χ2v) is 5.52. The number of amides is 1. The molecule has 2 heterocycles. The molecule has 1 aromatic heterocycles. The Morgan fingerprint density at radius 1 is 1.36 bits per heavy atom. The van der Waals surface area contributed by atoms with Crippen molar-refractivity contribution in [2.45, 2.75) is 19.4 Å². The third-order valence-electron chi connectivity index (χ3n) is 3.74. The molecule has 1 unspecified atom stereocenters. The Morgan fingerprint density at radius 2 is 2.12 bits per heavy atom. The predicted octanol–water partition coefficient (Wildman–Crippen LogP) is -0.0903. The molecule has 2 aromatic rings. The van der Waals surface area contributed by atoms with Gasteiger partial charge in [-0.15, -0.1) is 0 Å². The first-order valence-electron chi connectivity index (χ1n) is 7.34. The second kappa shape index (κ2) is 6.50. The zero-order valence-corrected chi connectivity index (χ0v) is 13.2. The topological polar surface area (TPSA) is 145 Å². The van der Waals surface area contributed by atoms with Crippen molar-refractivity contribution in [3.63, 3.8) is 0 Å². The summed E-state index contributed by atoms with van der Waals surface area (Å²) < 4.78 is 10.9. The number of nitrogens with zero attached hydrogens (tertiary/aromatic N) is 2. The molecule has 0 fully saturated rings. The summed E-state index contributed by atoms with van der Waals surface area (Å²) in [4.78, 5) is 29.7. The Bertz CT molecular complexity index is 842. The first-order valence-corrected chi connectivity index (χ1v) is 7.34. The van der Waals surface area contributed by atoms with E-state index in [0.717, 1.165) is 5.56 Å². The lowest BCUT2D eigenvalue weighted by molar-refractivity contribution is -0.138. The summed E-state index contributed by atoms with van der Waals surface area (Å²) in [5.41, 5.74) is 6.91. The number of carbonyl (C=O) groups is 2. The average molecular weight is 343 g/mol. The lowest BCUT2D eigenvalue weighted by Crippen LogP contribution is -2.28. The zero-order valence-electron chi connectivity index (χ0n) is 13.2. The SMILES string of the molecule is Cc1cc(Oc2cnc(C(N)=O)cn2)cc2c1C(CC(=O)O)OB2O. The third kappa shape index (κ3) is 3.44. The van der Waals surface area contributed by atoms with Gasteiger partial charge in [-0.2, -0.15) is 0 Å². The highest BCUT2D eigenvalue weighted by Crippen LogP contribution is 2.32. The van der Waals surface area contributed by atoms with Crippen molar-refractivity contribution in [3.8, 4) is 11.6 Å². The van der Waals surface area contributed by atoms with Crippen molar-refractivity contribution in [1.29, 1.82) is 0 Å². The molecular formula is C15H14BN3O6. The van der Waals surface area contributed by atoms with E-state index < -0.39 is 25.1 Å². The summed E-state index contributed by atoms with van der Waals surface area (Å²) in [7, 11) is -1.23. The van der Waals surface area contributed by atoms with E-state index in [9.17, 15) is 14.6 Å². The zero-order chi connectivity index (χ0) is 18.1. The van der Waals surface area contributed by atoms with Crippen molar-refractivity contribution in [2.75, 3.05) is 0 Å². The van der Waals surface area contributed by atoms with Crippen LogP contribution in [0.15, 0.2) is 24.5 Å². The van der Waals surface area contributed by atoms with Gasteiger partial charge < -0.3 is 25.3 Å². The number of hydrogen-bond acceptors (Lipinski definition) is 7. The smallest absolute Gasteiger partial charge is 0.481 e. The largest absolute Gasteiger partial charge is 0.492 e. The quantitative estimate of drug-likeness (QED) is 0.639. The highest BCUT2D eigenvalue weighted by atomic mass is 16.5. The molecule has 9 nitrogen and oxygen atoms in total. The van der Waals surface area contributed by atoms with Crippen LogP contribution in [-0.2, 0) is 9.45 Å². The van der Waals surface area contributed by atoms with Crippen LogP contribution in [0.3, 0.4) is 0 Å². The van der Waals surface area contributed by atoms with Gasteiger partial charge in [-0.25, -0.2) is 9.97 Å². The maximum Gasteiger partial charge on any atom is 0.492 e. The number of carboxylic acids is 1. The lowest BCUT2D eigenvalue weighted by atomic mass is 9.77. The van der Waals surface area contributed by atoms with Crippen LogP contribution >= 0.6 is 0 Å². The number of primary amides is 1. The van der Waals surface area contributed by atoms with E-state index in [4.69, 9.17) is 20.2 Å². The first kappa shape index (κ1) is 16.9. The number of ether oxygens (including phenoxy) is 1. The molecule has 0 saturated carbocycles. The number of fused-ring (bicyclic) bond motifs is 1.